The van der Waals surface area contributed by atoms with Crippen molar-refractivity contribution in [2.45, 2.75) is 30.2 Å². The lowest BCUT2D eigenvalue weighted by molar-refractivity contribution is 0.0680. The molecule has 0 radical (unpaired) electrons. The number of halogens is 1. The summed E-state index contributed by atoms with van der Waals surface area (Å²) in [6.45, 7) is 0. The number of hydrogen-bond donors (Lipinski definition) is 1. The third kappa shape index (κ3) is 6.92. The normalized spacial score (nSPS) is 18.4. The highest BCUT2D eigenvalue weighted by Gasteiger charge is 2.44. The maximum atomic E-state index is 14.3. The Morgan fingerprint density at radius 3 is 2.17 bits per heavy atom. The summed E-state index contributed by atoms with van der Waals surface area (Å²) in [5.74, 6) is -0.351. The van der Waals surface area contributed by atoms with Crippen molar-refractivity contribution in [3.8, 4) is 0 Å². The number of nitrogens with zero attached hydrogens (tertiary/aromatic N) is 4. The van der Waals surface area contributed by atoms with E-state index in [4.69, 9.17) is 16.7 Å². The molecule has 8 nitrogen and oxygen atoms in total. The molecular weight excluding hydrogens is 630 g/mol. The molecule has 0 saturated heterocycles. The van der Waals surface area contributed by atoms with Gasteiger partial charge in [0.25, 0.3) is 15.9 Å². The van der Waals surface area contributed by atoms with E-state index in [1.807, 2.05) is 33.1 Å². The molecule has 2 aliphatic rings. The minimum atomic E-state index is -3.97. The Bertz CT molecular complexity index is 1940. The molecular formula is C37H38ClN5O3S. The number of fused-ring (bicyclic) bond motifs is 1. The highest BCUT2D eigenvalue weighted by molar-refractivity contribution is 7.92. The first kappa shape index (κ1) is 32.3. The molecule has 1 fully saturated rings. The molecule has 1 aliphatic carbocycles. The number of anilines is 3. The minimum absolute atomic E-state index is 0.00342. The van der Waals surface area contributed by atoms with Crippen LogP contribution >= 0.6 is 11.6 Å². The predicted molar refractivity (Wildman–Crippen MR) is 192 cm³/mol. The molecule has 10 heteroatoms. The molecule has 1 aliphatic heterocycles. The summed E-state index contributed by atoms with van der Waals surface area (Å²) in [7, 11) is 4.05. The van der Waals surface area contributed by atoms with Gasteiger partial charge in [0, 0.05) is 61.8 Å². The first-order valence-corrected chi connectivity index (χ1v) is 17.4. The van der Waals surface area contributed by atoms with E-state index >= 15 is 0 Å². The highest BCUT2D eigenvalue weighted by atomic mass is 35.5. The molecule has 1 amide bonds. The van der Waals surface area contributed by atoms with Crippen LogP contribution in [0.5, 0.6) is 0 Å². The number of carbonyl (C=O) groups excluding carboxylic acids is 1. The van der Waals surface area contributed by atoms with Gasteiger partial charge in [-0.05, 0) is 109 Å². The second-order valence-electron chi connectivity index (χ2n) is 12.4. The van der Waals surface area contributed by atoms with Crippen LogP contribution in [0.3, 0.4) is 0 Å². The zero-order chi connectivity index (χ0) is 33.3. The summed E-state index contributed by atoms with van der Waals surface area (Å²) in [4.78, 5) is 18.4. The molecule has 242 valence electrons. The highest BCUT2D eigenvalue weighted by Crippen LogP contribution is 2.45. The smallest absolute Gasteiger partial charge is 0.274 e. The molecule has 1 N–H and O–H groups in total. The molecule has 47 heavy (non-hydrogen) atoms. The minimum Gasteiger partial charge on any atom is -0.378 e. The standard InChI is InChI=1S/C37H38ClN5O3S/c1-41(2)31-19-11-25(12-20-31)23-27-7-6-10-34-35(27)39-43(36(34)26-13-21-32(22-14-26)42(3)4)37(44)28-8-5-9-33(24-28)47(45,46)40-30-17-15-29(38)16-18-30/h5,8-9,11-24,34,36,40H,6-7,10H2,1-4H3/b27-23+. The number of carbonyl (C=O) groups is 1. The van der Waals surface area contributed by atoms with E-state index in [-0.39, 0.29) is 28.3 Å². The van der Waals surface area contributed by atoms with Crippen LogP contribution in [0.4, 0.5) is 17.1 Å². The van der Waals surface area contributed by atoms with E-state index in [9.17, 15) is 13.2 Å². The summed E-state index contributed by atoms with van der Waals surface area (Å²) >= 11 is 5.97. The quantitative estimate of drug-likeness (QED) is 0.208. The van der Waals surface area contributed by atoms with Gasteiger partial charge in [0.1, 0.15) is 0 Å². The Kier molecular flexibility index (Phi) is 9.12. The Morgan fingerprint density at radius 1 is 0.894 bits per heavy atom. The number of sulfonamides is 1. The molecule has 4 aromatic rings. The first-order chi connectivity index (χ1) is 22.5. The molecule has 6 rings (SSSR count). The number of hydrogen-bond acceptors (Lipinski definition) is 6. The topological polar surface area (TPSA) is 85.3 Å². The van der Waals surface area contributed by atoms with E-state index in [0.717, 1.165) is 53.0 Å². The second-order valence-corrected chi connectivity index (χ2v) is 14.5. The Morgan fingerprint density at radius 2 is 1.53 bits per heavy atom. The molecule has 4 aromatic carbocycles. The number of hydrazone groups is 1. The summed E-state index contributed by atoms with van der Waals surface area (Å²) < 4.78 is 29.2. The number of benzene rings is 4. The Balaban J connectivity index is 1.37. The number of allylic oxidation sites excluding steroid dienone is 1. The Hall–Kier alpha value is -4.60. The van der Waals surface area contributed by atoms with E-state index in [0.29, 0.717) is 10.7 Å². The van der Waals surface area contributed by atoms with Gasteiger partial charge in [-0.2, -0.15) is 5.10 Å². The lowest BCUT2D eigenvalue weighted by Gasteiger charge is -2.30. The van der Waals surface area contributed by atoms with Crippen molar-refractivity contribution in [1.29, 1.82) is 0 Å². The van der Waals surface area contributed by atoms with E-state index in [1.165, 1.54) is 12.1 Å². The van der Waals surface area contributed by atoms with Crippen molar-refractivity contribution in [2.24, 2.45) is 11.0 Å². The number of rotatable bonds is 8. The summed E-state index contributed by atoms with van der Waals surface area (Å²) in [5.41, 5.74) is 6.89. The molecule has 0 bridgehead atoms. The van der Waals surface area contributed by atoms with Crippen LogP contribution in [0, 0.1) is 5.92 Å². The average Bonchev–Trinajstić information content (AvgIpc) is 3.46. The van der Waals surface area contributed by atoms with Gasteiger partial charge in [0.2, 0.25) is 0 Å². The van der Waals surface area contributed by atoms with Crippen LogP contribution in [-0.4, -0.2) is 53.2 Å². The van der Waals surface area contributed by atoms with Gasteiger partial charge < -0.3 is 9.80 Å². The van der Waals surface area contributed by atoms with Gasteiger partial charge in [-0.3, -0.25) is 9.52 Å². The molecule has 0 spiro atoms. The maximum absolute atomic E-state index is 14.3. The summed E-state index contributed by atoms with van der Waals surface area (Å²) in [6, 6.07) is 28.8. The van der Waals surface area contributed by atoms with Crippen LogP contribution in [-0.2, 0) is 10.0 Å². The zero-order valence-corrected chi connectivity index (χ0v) is 28.5. The predicted octanol–water partition coefficient (Wildman–Crippen LogP) is 7.71. The molecule has 2 atom stereocenters. The van der Waals surface area contributed by atoms with Crippen LogP contribution in [0.15, 0.2) is 113 Å². The molecule has 0 aromatic heterocycles. The molecule has 1 saturated carbocycles. The molecule has 1 heterocycles. The van der Waals surface area contributed by atoms with Crippen molar-refractivity contribution in [2.75, 3.05) is 42.7 Å². The lowest BCUT2D eigenvalue weighted by Crippen LogP contribution is -2.32. The van der Waals surface area contributed by atoms with Crippen molar-refractivity contribution in [1.82, 2.24) is 5.01 Å². The monoisotopic (exact) mass is 667 g/mol. The fourth-order valence-corrected chi connectivity index (χ4v) is 7.43. The van der Waals surface area contributed by atoms with Gasteiger partial charge >= 0.3 is 0 Å². The molecule has 2 unspecified atom stereocenters. The summed E-state index contributed by atoms with van der Waals surface area (Å²) in [6.07, 6.45) is 4.91. The van der Waals surface area contributed by atoms with Crippen LogP contribution < -0.4 is 14.5 Å². The van der Waals surface area contributed by atoms with Gasteiger partial charge in [0.05, 0.1) is 16.6 Å². The maximum Gasteiger partial charge on any atom is 0.274 e. The number of amides is 1. The van der Waals surface area contributed by atoms with Crippen molar-refractivity contribution < 1.29 is 13.2 Å². The first-order valence-electron chi connectivity index (χ1n) is 15.6. The van der Waals surface area contributed by atoms with Crippen molar-refractivity contribution >= 4 is 56.4 Å². The van der Waals surface area contributed by atoms with Gasteiger partial charge in [-0.1, -0.05) is 41.9 Å². The van der Waals surface area contributed by atoms with Crippen LogP contribution in [0.25, 0.3) is 6.08 Å². The van der Waals surface area contributed by atoms with E-state index < -0.39 is 10.0 Å². The SMILES string of the molecule is CN(C)c1ccc(/C=C2\CCCC3C2=NN(C(=O)c2cccc(S(=O)(=O)Nc4ccc(Cl)cc4)c2)C3c2ccc(N(C)C)cc2)cc1. The largest absolute Gasteiger partial charge is 0.378 e. The second kappa shape index (κ2) is 13.3. The average molecular weight is 668 g/mol. The lowest BCUT2D eigenvalue weighted by atomic mass is 9.77. The van der Waals surface area contributed by atoms with Gasteiger partial charge in [-0.15, -0.1) is 0 Å². The summed E-state index contributed by atoms with van der Waals surface area (Å²) in [5, 5.41) is 7.10. The van der Waals surface area contributed by atoms with Gasteiger partial charge in [0.15, 0.2) is 0 Å². The van der Waals surface area contributed by atoms with Crippen molar-refractivity contribution in [3.05, 3.63) is 124 Å². The number of nitrogens with one attached hydrogen (secondary N) is 1. The third-order valence-electron chi connectivity index (χ3n) is 8.70. The Labute approximate surface area is 282 Å². The van der Waals surface area contributed by atoms with Crippen molar-refractivity contribution in [3.63, 3.8) is 0 Å². The van der Waals surface area contributed by atoms with E-state index in [2.05, 4.69) is 64.2 Å². The fourth-order valence-electron chi connectivity index (χ4n) is 6.20. The van der Waals surface area contributed by atoms with Crippen LogP contribution in [0.2, 0.25) is 5.02 Å². The zero-order valence-electron chi connectivity index (χ0n) is 26.9. The third-order valence-corrected chi connectivity index (χ3v) is 10.3. The van der Waals surface area contributed by atoms with Crippen LogP contribution in [0.1, 0.15) is 46.8 Å². The van der Waals surface area contributed by atoms with Gasteiger partial charge in [-0.25, -0.2) is 13.4 Å². The fraction of sp³-hybridized carbons (Fsp3) is 0.243. The van der Waals surface area contributed by atoms with E-state index in [1.54, 1.807) is 41.4 Å².